The molecule has 0 radical (unpaired) electrons. The molecule has 0 aliphatic carbocycles. The predicted molar refractivity (Wildman–Crippen MR) is 125 cm³/mol. The van der Waals surface area contributed by atoms with Gasteiger partial charge >= 0.3 is 5.56 Å². The quantitative estimate of drug-likeness (QED) is 0.325. The molecule has 0 unspecified atom stereocenters. The van der Waals surface area contributed by atoms with E-state index in [1.807, 2.05) is 66.0 Å². The average molecular weight is 440 g/mol. The number of rotatable bonds is 5. The Morgan fingerprint density at radius 2 is 1.50 bits per heavy atom. The molecule has 0 fully saturated rings. The molecular formula is C24H17N5O2S. The van der Waals surface area contributed by atoms with Gasteiger partial charge in [0.2, 0.25) is 5.13 Å². The second-order valence-corrected chi connectivity index (χ2v) is 7.75. The Kier molecular flexibility index (Phi) is 5.19. The summed E-state index contributed by atoms with van der Waals surface area (Å²) in [4.78, 5) is 17.9. The van der Waals surface area contributed by atoms with Crippen LogP contribution in [0.4, 0.5) is 11.4 Å². The van der Waals surface area contributed by atoms with E-state index in [1.165, 1.54) is 22.1 Å². The lowest BCUT2D eigenvalue weighted by Crippen LogP contribution is -2.13. The summed E-state index contributed by atoms with van der Waals surface area (Å²) in [6, 6.07) is 25.8. The molecule has 0 amide bonds. The second-order valence-electron chi connectivity index (χ2n) is 6.91. The zero-order chi connectivity index (χ0) is 21.9. The third kappa shape index (κ3) is 3.75. The van der Waals surface area contributed by atoms with Crippen molar-refractivity contribution in [2.75, 3.05) is 0 Å². The fourth-order valence-electron chi connectivity index (χ4n) is 3.22. The maximum atomic E-state index is 13.3. The fourth-order valence-corrected chi connectivity index (χ4v) is 4.01. The van der Waals surface area contributed by atoms with E-state index in [-0.39, 0.29) is 22.7 Å². The highest BCUT2D eigenvalue weighted by molar-refractivity contribution is 7.12. The Bertz CT molecular complexity index is 1450. The Morgan fingerprint density at radius 1 is 0.844 bits per heavy atom. The van der Waals surface area contributed by atoms with Gasteiger partial charge in [-0.15, -0.1) is 21.6 Å². The van der Waals surface area contributed by atoms with Crippen LogP contribution in [-0.2, 0) is 0 Å². The van der Waals surface area contributed by atoms with Crippen molar-refractivity contribution in [3.63, 3.8) is 0 Å². The monoisotopic (exact) mass is 439 g/mol. The van der Waals surface area contributed by atoms with Crippen molar-refractivity contribution in [2.24, 2.45) is 10.2 Å². The van der Waals surface area contributed by atoms with E-state index in [0.29, 0.717) is 10.8 Å². The van der Waals surface area contributed by atoms with Gasteiger partial charge in [0.25, 0.3) is 0 Å². The maximum Gasteiger partial charge on any atom is 0.301 e. The molecule has 2 aromatic heterocycles. The molecule has 0 aliphatic heterocycles. The van der Waals surface area contributed by atoms with Gasteiger partial charge in [-0.1, -0.05) is 72.8 Å². The summed E-state index contributed by atoms with van der Waals surface area (Å²) < 4.78 is 1.37. The van der Waals surface area contributed by atoms with Crippen LogP contribution in [0.15, 0.2) is 105 Å². The normalized spacial score (nSPS) is 11.2. The first-order chi connectivity index (χ1) is 15.7. The molecule has 5 rings (SSSR count). The molecule has 0 atom stereocenters. The molecule has 8 heteroatoms. The highest BCUT2D eigenvalue weighted by Gasteiger charge is 2.19. The van der Waals surface area contributed by atoms with E-state index in [9.17, 15) is 9.90 Å². The van der Waals surface area contributed by atoms with Crippen LogP contribution in [0.2, 0.25) is 0 Å². The topological polar surface area (TPSA) is 95.6 Å². The van der Waals surface area contributed by atoms with Crippen LogP contribution >= 0.6 is 11.3 Å². The molecule has 7 nitrogen and oxygen atoms in total. The van der Waals surface area contributed by atoms with Gasteiger partial charge in [0.05, 0.1) is 11.4 Å². The zero-order valence-corrected chi connectivity index (χ0v) is 17.5. The minimum atomic E-state index is -0.378. The first kappa shape index (κ1) is 19.7. The van der Waals surface area contributed by atoms with Gasteiger partial charge in [-0.05, 0) is 12.1 Å². The average Bonchev–Trinajstić information content (AvgIpc) is 3.45. The molecule has 0 bridgehead atoms. The lowest BCUT2D eigenvalue weighted by atomic mass is 10.1. The number of H-pyrrole nitrogens is 1. The number of thiazole rings is 1. The highest BCUT2D eigenvalue weighted by atomic mass is 32.1. The van der Waals surface area contributed by atoms with Crippen molar-refractivity contribution < 1.29 is 5.11 Å². The summed E-state index contributed by atoms with van der Waals surface area (Å²) in [5.74, 6) is -0.0131. The van der Waals surface area contributed by atoms with Gasteiger partial charge in [-0.25, -0.2) is 4.98 Å². The van der Waals surface area contributed by atoms with Crippen LogP contribution < -0.4 is 5.56 Å². The molecule has 3 aromatic carbocycles. The number of phenolic OH excluding ortho intramolecular Hbond substituents is 1. The number of hydrogen-bond donors (Lipinski definition) is 2. The van der Waals surface area contributed by atoms with E-state index in [0.717, 1.165) is 16.8 Å². The third-order valence-corrected chi connectivity index (χ3v) is 5.65. The molecule has 0 aliphatic rings. The van der Waals surface area contributed by atoms with Crippen molar-refractivity contribution in [1.29, 1.82) is 0 Å². The molecule has 5 aromatic rings. The number of para-hydroxylation sites is 1. The van der Waals surface area contributed by atoms with Gasteiger partial charge in [-0.2, -0.15) is 4.68 Å². The van der Waals surface area contributed by atoms with Gasteiger partial charge in [0, 0.05) is 16.5 Å². The van der Waals surface area contributed by atoms with Crippen LogP contribution in [-0.4, -0.2) is 19.9 Å². The number of nitrogens with one attached hydrogen (secondary N) is 1. The minimum absolute atomic E-state index is 0.0131. The van der Waals surface area contributed by atoms with Crippen molar-refractivity contribution in [2.45, 2.75) is 0 Å². The lowest BCUT2D eigenvalue weighted by molar-refractivity contribution is 0.476. The number of benzene rings is 3. The summed E-state index contributed by atoms with van der Waals surface area (Å²) >= 11 is 1.35. The number of aromatic amines is 1. The summed E-state index contributed by atoms with van der Waals surface area (Å²) in [5, 5.41) is 23.8. The third-order valence-electron chi connectivity index (χ3n) is 4.82. The summed E-state index contributed by atoms with van der Waals surface area (Å²) in [6.07, 6.45) is 0. The van der Waals surface area contributed by atoms with Crippen molar-refractivity contribution in [1.82, 2.24) is 14.8 Å². The number of nitrogens with zero attached hydrogens (tertiary/aromatic N) is 4. The molecule has 2 heterocycles. The van der Waals surface area contributed by atoms with Gasteiger partial charge < -0.3 is 5.11 Å². The minimum Gasteiger partial charge on any atom is -0.506 e. The first-order valence-corrected chi connectivity index (χ1v) is 10.7. The zero-order valence-electron chi connectivity index (χ0n) is 16.7. The predicted octanol–water partition coefficient (Wildman–Crippen LogP) is 6.08. The summed E-state index contributed by atoms with van der Waals surface area (Å²) in [6.45, 7) is 0. The first-order valence-electron chi connectivity index (χ1n) is 9.82. The van der Waals surface area contributed by atoms with Gasteiger partial charge in [-0.3, -0.25) is 9.89 Å². The Labute approximate surface area is 187 Å². The molecule has 0 saturated carbocycles. The van der Waals surface area contributed by atoms with Crippen LogP contribution in [0.3, 0.4) is 0 Å². The Hall–Kier alpha value is -4.30. The number of phenols is 1. The smallest absolute Gasteiger partial charge is 0.301 e. The summed E-state index contributed by atoms with van der Waals surface area (Å²) in [5.41, 5.74) is 3.09. The number of aromatic nitrogens is 3. The summed E-state index contributed by atoms with van der Waals surface area (Å²) in [7, 11) is 0. The van der Waals surface area contributed by atoms with E-state index < -0.39 is 0 Å². The molecule has 0 spiro atoms. The highest BCUT2D eigenvalue weighted by Crippen LogP contribution is 2.31. The van der Waals surface area contributed by atoms with Gasteiger partial charge in [0.15, 0.2) is 5.69 Å². The number of azo groups is 1. The standard InChI is InChI=1S/C24H17N5O2S/c30-20-14-8-7-13-18(20)26-27-22-21(17-11-5-2-6-12-17)28-29(23(22)31)24-25-19(15-32-24)16-9-3-1-4-10-16/h1-15,28,30H. The molecule has 0 saturated heterocycles. The molecule has 32 heavy (non-hydrogen) atoms. The molecular weight excluding hydrogens is 422 g/mol. The maximum absolute atomic E-state index is 13.3. The second kappa shape index (κ2) is 8.44. The van der Waals surface area contributed by atoms with Crippen molar-refractivity contribution in [3.05, 3.63) is 101 Å². The van der Waals surface area contributed by atoms with Crippen LogP contribution in [0.1, 0.15) is 0 Å². The van der Waals surface area contributed by atoms with Crippen molar-refractivity contribution >= 4 is 22.7 Å². The SMILES string of the molecule is O=c1c(N=Nc2ccccc2O)c(-c2ccccc2)[nH]n1-c1nc(-c2ccccc2)cs1. The van der Waals surface area contributed by atoms with E-state index in [1.54, 1.807) is 18.2 Å². The van der Waals surface area contributed by atoms with E-state index in [2.05, 4.69) is 20.3 Å². The Balaban J connectivity index is 1.62. The van der Waals surface area contributed by atoms with Crippen LogP contribution in [0.25, 0.3) is 27.6 Å². The van der Waals surface area contributed by atoms with E-state index >= 15 is 0 Å². The lowest BCUT2D eigenvalue weighted by Gasteiger charge is -1.99. The van der Waals surface area contributed by atoms with E-state index in [4.69, 9.17) is 0 Å². The molecule has 156 valence electrons. The van der Waals surface area contributed by atoms with Crippen LogP contribution in [0.5, 0.6) is 5.75 Å². The van der Waals surface area contributed by atoms with Gasteiger partial charge in [0.1, 0.15) is 11.4 Å². The largest absolute Gasteiger partial charge is 0.506 e. The Morgan fingerprint density at radius 3 is 2.22 bits per heavy atom. The number of aromatic hydroxyl groups is 1. The number of hydrogen-bond acceptors (Lipinski definition) is 6. The van der Waals surface area contributed by atoms with Crippen LogP contribution in [0, 0.1) is 0 Å². The van der Waals surface area contributed by atoms with Crippen molar-refractivity contribution in [3.8, 4) is 33.4 Å². The molecule has 2 N–H and O–H groups in total. The fraction of sp³-hybridized carbons (Fsp3) is 0.